The number of amides is 1. The Morgan fingerprint density at radius 2 is 2.04 bits per heavy atom. The first-order chi connectivity index (χ1) is 10.9. The molecule has 0 fully saturated rings. The number of nitrogens with one attached hydrogen (secondary N) is 2. The maximum absolute atomic E-state index is 11.5. The largest absolute Gasteiger partial charge is 0.494 e. The molecule has 23 heavy (non-hydrogen) atoms. The van der Waals surface area contributed by atoms with Crippen LogP contribution >= 0.6 is 0 Å². The Bertz CT molecular complexity index is 874. The highest BCUT2D eigenvalue weighted by Crippen LogP contribution is 2.20. The van der Waals surface area contributed by atoms with Crippen LogP contribution in [0.2, 0.25) is 0 Å². The van der Waals surface area contributed by atoms with Gasteiger partial charge >= 0.3 is 0 Å². The van der Waals surface area contributed by atoms with Crippen molar-refractivity contribution in [2.24, 2.45) is 4.99 Å². The van der Waals surface area contributed by atoms with Crippen molar-refractivity contribution in [1.29, 1.82) is 5.26 Å². The molecule has 3 N–H and O–H groups in total. The fourth-order valence-electron chi connectivity index (χ4n) is 1.99. The van der Waals surface area contributed by atoms with E-state index in [1.165, 1.54) is 13.1 Å². The quantitative estimate of drug-likeness (QED) is 0.751. The predicted molar refractivity (Wildman–Crippen MR) is 86.2 cm³/mol. The van der Waals surface area contributed by atoms with E-state index in [0.29, 0.717) is 16.9 Å². The summed E-state index contributed by atoms with van der Waals surface area (Å²) in [5, 5.41) is 21.4. The normalized spacial score (nSPS) is 10.5. The SMILES string of the molecule is CC(=O)Nc1ccc(N=Cc2c(O)[nH]c(=O)c(C#N)c2C)cc1. The van der Waals surface area contributed by atoms with Gasteiger partial charge in [-0.3, -0.25) is 19.6 Å². The molecule has 0 bridgehead atoms. The number of benzene rings is 1. The zero-order chi connectivity index (χ0) is 17.0. The maximum Gasteiger partial charge on any atom is 0.268 e. The minimum atomic E-state index is -0.640. The van der Waals surface area contributed by atoms with Gasteiger partial charge in [0.2, 0.25) is 11.8 Å². The molecule has 7 nitrogen and oxygen atoms in total. The monoisotopic (exact) mass is 310 g/mol. The summed E-state index contributed by atoms with van der Waals surface area (Å²) in [7, 11) is 0. The molecule has 1 aromatic heterocycles. The molecule has 2 aromatic rings. The van der Waals surface area contributed by atoms with Gasteiger partial charge in [0.25, 0.3) is 5.56 Å². The van der Waals surface area contributed by atoms with Crippen molar-refractivity contribution < 1.29 is 9.90 Å². The zero-order valence-electron chi connectivity index (χ0n) is 12.5. The van der Waals surface area contributed by atoms with Crippen LogP contribution in [-0.4, -0.2) is 22.2 Å². The molecule has 0 saturated heterocycles. The Kier molecular flexibility index (Phi) is 4.57. The van der Waals surface area contributed by atoms with E-state index in [-0.39, 0.29) is 22.9 Å². The standard InChI is InChI=1S/C16H14N4O3/c1-9-13(7-17)15(22)20-16(23)14(9)8-18-11-3-5-12(6-4-11)19-10(2)21/h3-6,8H,1-2H3,(H,19,21)(H2,20,22,23). The molecule has 0 unspecified atom stereocenters. The first kappa shape index (κ1) is 16.0. The molecule has 116 valence electrons. The summed E-state index contributed by atoms with van der Waals surface area (Å²) in [5.74, 6) is -0.510. The van der Waals surface area contributed by atoms with Crippen LogP contribution in [0.25, 0.3) is 0 Å². The number of anilines is 1. The van der Waals surface area contributed by atoms with Gasteiger partial charge in [-0.2, -0.15) is 5.26 Å². The topological polar surface area (TPSA) is 118 Å². The van der Waals surface area contributed by atoms with Gasteiger partial charge < -0.3 is 10.4 Å². The van der Waals surface area contributed by atoms with Gasteiger partial charge in [-0.1, -0.05) is 0 Å². The van der Waals surface area contributed by atoms with Crippen molar-refractivity contribution in [3.05, 3.63) is 51.3 Å². The molecular formula is C16H14N4O3. The number of carbonyl (C=O) groups is 1. The molecule has 0 radical (unpaired) electrons. The van der Waals surface area contributed by atoms with Crippen LogP contribution in [0.3, 0.4) is 0 Å². The lowest BCUT2D eigenvalue weighted by Gasteiger charge is -2.05. The molecule has 0 spiro atoms. The number of nitrogens with zero attached hydrogens (tertiary/aromatic N) is 2. The first-order valence-electron chi connectivity index (χ1n) is 6.70. The number of carbonyl (C=O) groups excluding carboxylic acids is 1. The molecule has 1 amide bonds. The van der Waals surface area contributed by atoms with E-state index in [1.807, 2.05) is 0 Å². The average Bonchev–Trinajstić information content (AvgIpc) is 2.48. The number of hydrogen-bond acceptors (Lipinski definition) is 5. The number of aromatic amines is 1. The Balaban J connectivity index is 2.32. The van der Waals surface area contributed by atoms with Crippen molar-refractivity contribution in [3.63, 3.8) is 0 Å². The second-order valence-electron chi connectivity index (χ2n) is 4.81. The zero-order valence-corrected chi connectivity index (χ0v) is 12.5. The number of aromatic hydroxyl groups is 1. The third-order valence-electron chi connectivity index (χ3n) is 3.14. The fraction of sp³-hybridized carbons (Fsp3) is 0.125. The number of aromatic nitrogens is 1. The highest BCUT2D eigenvalue weighted by Gasteiger charge is 2.12. The lowest BCUT2D eigenvalue weighted by molar-refractivity contribution is -0.114. The summed E-state index contributed by atoms with van der Waals surface area (Å²) >= 11 is 0. The van der Waals surface area contributed by atoms with Crippen molar-refractivity contribution in [3.8, 4) is 11.9 Å². The summed E-state index contributed by atoms with van der Waals surface area (Å²) in [6, 6.07) is 8.55. The van der Waals surface area contributed by atoms with Gasteiger partial charge in [0.1, 0.15) is 11.6 Å². The van der Waals surface area contributed by atoms with Gasteiger partial charge in [0, 0.05) is 18.8 Å². The van der Waals surface area contributed by atoms with E-state index in [1.54, 1.807) is 37.3 Å². The third kappa shape index (κ3) is 3.63. The van der Waals surface area contributed by atoms with Crippen molar-refractivity contribution in [2.75, 3.05) is 5.32 Å². The highest BCUT2D eigenvalue weighted by molar-refractivity contribution is 5.89. The van der Waals surface area contributed by atoms with Crippen molar-refractivity contribution >= 4 is 23.5 Å². The number of hydrogen-bond donors (Lipinski definition) is 3. The molecule has 0 aliphatic heterocycles. The minimum Gasteiger partial charge on any atom is -0.494 e. The molecule has 0 atom stereocenters. The smallest absolute Gasteiger partial charge is 0.268 e. The van der Waals surface area contributed by atoms with Gasteiger partial charge in [0.05, 0.1) is 11.3 Å². The van der Waals surface area contributed by atoms with Gasteiger partial charge in [-0.15, -0.1) is 0 Å². The predicted octanol–water partition coefficient (Wildman–Crippen LogP) is 1.97. The molecule has 1 aromatic carbocycles. The van der Waals surface area contributed by atoms with Crippen LogP contribution in [0, 0.1) is 18.3 Å². The lowest BCUT2D eigenvalue weighted by Crippen LogP contribution is -2.14. The molecule has 1 heterocycles. The minimum absolute atomic E-state index is 0.0646. The van der Waals surface area contributed by atoms with E-state index >= 15 is 0 Å². The molecule has 2 rings (SSSR count). The molecular weight excluding hydrogens is 296 g/mol. The van der Waals surface area contributed by atoms with Gasteiger partial charge in [-0.25, -0.2) is 0 Å². The molecule has 0 aliphatic rings. The summed E-state index contributed by atoms with van der Waals surface area (Å²) in [6.45, 7) is 2.98. The van der Waals surface area contributed by atoms with Crippen LogP contribution in [0.15, 0.2) is 34.1 Å². The Morgan fingerprint density at radius 1 is 1.39 bits per heavy atom. The van der Waals surface area contributed by atoms with E-state index in [4.69, 9.17) is 5.26 Å². The van der Waals surface area contributed by atoms with Crippen LogP contribution < -0.4 is 10.9 Å². The second kappa shape index (κ2) is 6.58. The number of rotatable bonds is 3. The summed E-state index contributed by atoms with van der Waals surface area (Å²) < 4.78 is 0. The number of aliphatic imine (C=N–C) groups is 1. The summed E-state index contributed by atoms with van der Waals surface area (Å²) in [4.78, 5) is 28.9. The highest BCUT2D eigenvalue weighted by atomic mass is 16.3. The van der Waals surface area contributed by atoms with E-state index in [9.17, 15) is 14.7 Å². The lowest BCUT2D eigenvalue weighted by atomic mass is 10.1. The Morgan fingerprint density at radius 3 is 2.61 bits per heavy atom. The summed E-state index contributed by atoms with van der Waals surface area (Å²) in [5.41, 5.74) is 1.15. The molecule has 0 aliphatic carbocycles. The number of pyridine rings is 1. The van der Waals surface area contributed by atoms with E-state index in [0.717, 1.165) is 0 Å². The van der Waals surface area contributed by atoms with Gasteiger partial charge in [-0.05, 0) is 36.8 Å². The van der Waals surface area contributed by atoms with Crippen molar-refractivity contribution in [1.82, 2.24) is 4.98 Å². The Labute approximate surface area is 131 Å². The maximum atomic E-state index is 11.5. The van der Waals surface area contributed by atoms with Crippen molar-refractivity contribution in [2.45, 2.75) is 13.8 Å². The summed E-state index contributed by atoms with van der Waals surface area (Å²) in [6.07, 6.45) is 1.37. The second-order valence-corrected chi connectivity index (χ2v) is 4.81. The first-order valence-corrected chi connectivity index (χ1v) is 6.70. The number of nitriles is 1. The van der Waals surface area contributed by atoms with E-state index < -0.39 is 5.56 Å². The fourth-order valence-corrected chi connectivity index (χ4v) is 1.99. The van der Waals surface area contributed by atoms with Crippen LogP contribution in [-0.2, 0) is 4.79 Å². The Hall–Kier alpha value is -3.40. The van der Waals surface area contributed by atoms with Crippen LogP contribution in [0.1, 0.15) is 23.6 Å². The average molecular weight is 310 g/mol. The molecule has 7 heteroatoms. The molecule has 0 saturated carbocycles. The van der Waals surface area contributed by atoms with E-state index in [2.05, 4.69) is 15.3 Å². The number of H-pyrrole nitrogens is 1. The third-order valence-corrected chi connectivity index (χ3v) is 3.14. The van der Waals surface area contributed by atoms with Gasteiger partial charge in [0.15, 0.2) is 0 Å². The van der Waals surface area contributed by atoms with Crippen LogP contribution in [0.5, 0.6) is 5.88 Å². The van der Waals surface area contributed by atoms with Crippen LogP contribution in [0.4, 0.5) is 11.4 Å².